The van der Waals surface area contributed by atoms with Gasteiger partial charge in [0.2, 0.25) is 0 Å². The first kappa shape index (κ1) is 29.9. The molecule has 3 heterocycles. The molecule has 0 bridgehead atoms. The Labute approximate surface area is 306 Å². The number of hydrogen-bond donors (Lipinski definition) is 0. The topological polar surface area (TPSA) is 43.9 Å². The van der Waals surface area contributed by atoms with Gasteiger partial charge in [0, 0.05) is 54.9 Å². The average molecular weight is 680 g/mol. The molecule has 4 nitrogen and oxygen atoms in total. The third-order valence-corrected chi connectivity index (χ3v) is 11.2. The number of benzene rings is 7. The smallest absolute Gasteiger partial charge is 0.160 e. The van der Waals surface area contributed by atoms with E-state index in [1.807, 2.05) is 24.3 Å². The van der Waals surface area contributed by atoms with Crippen LogP contribution in [0.5, 0.6) is 0 Å². The lowest BCUT2D eigenvalue weighted by atomic mass is 9.81. The van der Waals surface area contributed by atoms with E-state index in [0.717, 1.165) is 50.3 Å². The lowest BCUT2D eigenvalue weighted by molar-refractivity contribution is 0.656. The van der Waals surface area contributed by atoms with Crippen molar-refractivity contribution in [1.82, 2.24) is 14.5 Å². The number of para-hydroxylation sites is 2. The van der Waals surface area contributed by atoms with E-state index in [9.17, 15) is 0 Å². The number of rotatable bonds is 4. The molecule has 0 spiro atoms. The van der Waals surface area contributed by atoms with Crippen LogP contribution in [0.15, 0.2) is 168 Å². The van der Waals surface area contributed by atoms with Crippen LogP contribution in [0.4, 0.5) is 0 Å². The highest BCUT2D eigenvalue weighted by Crippen LogP contribution is 2.57. The molecule has 3 aromatic heterocycles. The monoisotopic (exact) mass is 679 g/mol. The maximum Gasteiger partial charge on any atom is 0.160 e. The molecule has 53 heavy (non-hydrogen) atoms. The van der Waals surface area contributed by atoms with Crippen LogP contribution < -0.4 is 0 Å². The van der Waals surface area contributed by atoms with Gasteiger partial charge in [-0.2, -0.15) is 0 Å². The number of aromatic nitrogens is 3. The highest BCUT2D eigenvalue weighted by atomic mass is 16.3. The Balaban J connectivity index is 1.18. The van der Waals surface area contributed by atoms with Crippen molar-refractivity contribution in [2.75, 3.05) is 0 Å². The Morgan fingerprint density at radius 1 is 0.547 bits per heavy atom. The SMILES string of the molecule is CC1(C)c2ccccc2-c2c1c1c(c3ccccc3n1-c1ccc(-c3cc(-c4ccccc4)nc(-c4ccccc4)n3)cc1)c1c2oc2ccccc21. The fourth-order valence-corrected chi connectivity index (χ4v) is 8.80. The van der Waals surface area contributed by atoms with Crippen LogP contribution in [0.1, 0.15) is 25.0 Å². The normalized spacial score (nSPS) is 13.2. The van der Waals surface area contributed by atoms with Crippen molar-refractivity contribution in [2.24, 2.45) is 0 Å². The quantitative estimate of drug-likeness (QED) is 0.186. The van der Waals surface area contributed by atoms with E-state index in [1.54, 1.807) is 0 Å². The summed E-state index contributed by atoms with van der Waals surface area (Å²) < 4.78 is 9.32. The van der Waals surface area contributed by atoms with Gasteiger partial charge < -0.3 is 8.98 Å². The molecular formula is C49H33N3O. The summed E-state index contributed by atoms with van der Waals surface area (Å²) >= 11 is 0. The predicted octanol–water partition coefficient (Wildman–Crippen LogP) is 12.8. The first-order chi connectivity index (χ1) is 26.1. The molecule has 1 aliphatic rings. The maximum atomic E-state index is 6.84. The minimum Gasteiger partial charge on any atom is -0.455 e. The van der Waals surface area contributed by atoms with Crippen molar-refractivity contribution < 1.29 is 4.42 Å². The first-order valence-corrected chi connectivity index (χ1v) is 18.2. The Hall–Kier alpha value is -6.78. The van der Waals surface area contributed by atoms with E-state index in [-0.39, 0.29) is 5.41 Å². The van der Waals surface area contributed by atoms with Crippen molar-refractivity contribution in [2.45, 2.75) is 19.3 Å². The van der Waals surface area contributed by atoms with Crippen LogP contribution >= 0.6 is 0 Å². The summed E-state index contributed by atoms with van der Waals surface area (Å²) in [5.41, 5.74) is 15.1. The fourth-order valence-electron chi connectivity index (χ4n) is 8.80. The van der Waals surface area contributed by atoms with Crippen LogP contribution in [0.2, 0.25) is 0 Å². The van der Waals surface area contributed by atoms with Gasteiger partial charge in [-0.25, -0.2) is 9.97 Å². The number of hydrogen-bond acceptors (Lipinski definition) is 3. The summed E-state index contributed by atoms with van der Waals surface area (Å²) in [6, 6.07) is 57.7. The lowest BCUT2D eigenvalue weighted by Gasteiger charge is -2.24. The molecule has 250 valence electrons. The molecule has 0 N–H and O–H groups in total. The second-order valence-corrected chi connectivity index (χ2v) is 14.5. The first-order valence-electron chi connectivity index (χ1n) is 18.2. The Bertz CT molecular complexity index is 3000. The molecule has 7 aromatic carbocycles. The van der Waals surface area contributed by atoms with E-state index in [0.29, 0.717) is 5.82 Å². The Morgan fingerprint density at radius 2 is 1.15 bits per heavy atom. The summed E-state index contributed by atoms with van der Waals surface area (Å²) in [6.07, 6.45) is 0. The molecule has 0 radical (unpaired) electrons. The Morgan fingerprint density at radius 3 is 1.91 bits per heavy atom. The highest BCUT2D eigenvalue weighted by Gasteiger charge is 2.41. The summed E-state index contributed by atoms with van der Waals surface area (Å²) in [7, 11) is 0. The molecule has 0 amide bonds. The standard InChI is InChI=1S/C49H33N3O/c1-49(2)37-22-12-9-19-34(37)44-45(49)46-42(43-36-21-11-14-24-41(36)53-47(43)44)35-20-10-13-23-40(35)52(46)33-27-25-31(26-28-33)39-29-38(30-15-5-3-6-16-30)50-48(51-39)32-17-7-4-8-18-32/h3-29H,1-2H3. The number of furan rings is 1. The van der Waals surface area contributed by atoms with Crippen molar-refractivity contribution >= 4 is 43.7 Å². The van der Waals surface area contributed by atoms with Gasteiger partial charge in [-0.3, -0.25) is 0 Å². The Kier molecular flexibility index (Phi) is 6.27. The summed E-state index contributed by atoms with van der Waals surface area (Å²) in [5, 5.41) is 4.77. The number of nitrogens with zero attached hydrogens (tertiary/aromatic N) is 3. The zero-order chi connectivity index (χ0) is 35.3. The van der Waals surface area contributed by atoms with Crippen LogP contribution in [0, 0.1) is 0 Å². The van der Waals surface area contributed by atoms with E-state index in [1.165, 1.54) is 49.4 Å². The highest BCUT2D eigenvalue weighted by molar-refractivity contribution is 6.31. The van der Waals surface area contributed by atoms with Crippen LogP contribution in [0.25, 0.3) is 94.5 Å². The zero-order valence-corrected chi connectivity index (χ0v) is 29.3. The minimum absolute atomic E-state index is 0.258. The van der Waals surface area contributed by atoms with Gasteiger partial charge in [0.15, 0.2) is 5.82 Å². The summed E-state index contributed by atoms with van der Waals surface area (Å²) in [6.45, 7) is 4.72. The largest absolute Gasteiger partial charge is 0.455 e. The summed E-state index contributed by atoms with van der Waals surface area (Å²) in [5.74, 6) is 0.710. The number of fused-ring (bicyclic) bond motifs is 12. The van der Waals surface area contributed by atoms with Crippen molar-refractivity contribution in [3.05, 3.63) is 175 Å². The van der Waals surface area contributed by atoms with E-state index >= 15 is 0 Å². The second kappa shape index (κ2) is 11.1. The van der Waals surface area contributed by atoms with Crippen molar-refractivity contribution in [1.29, 1.82) is 0 Å². The zero-order valence-electron chi connectivity index (χ0n) is 29.3. The van der Waals surface area contributed by atoms with Crippen LogP contribution in [-0.2, 0) is 5.41 Å². The second-order valence-electron chi connectivity index (χ2n) is 14.5. The third kappa shape index (κ3) is 4.30. The van der Waals surface area contributed by atoms with Crippen molar-refractivity contribution in [3.8, 4) is 50.7 Å². The molecule has 0 unspecified atom stereocenters. The molecule has 4 heteroatoms. The predicted molar refractivity (Wildman–Crippen MR) is 218 cm³/mol. The maximum absolute atomic E-state index is 6.84. The van der Waals surface area contributed by atoms with Crippen LogP contribution in [-0.4, -0.2) is 14.5 Å². The fraction of sp³-hybridized carbons (Fsp3) is 0.0612. The molecule has 0 saturated heterocycles. The molecule has 0 atom stereocenters. The average Bonchev–Trinajstić information content (AvgIpc) is 3.84. The molecule has 1 aliphatic carbocycles. The molecule has 11 rings (SSSR count). The van der Waals surface area contributed by atoms with Gasteiger partial charge in [0.1, 0.15) is 11.2 Å². The van der Waals surface area contributed by atoms with Crippen molar-refractivity contribution in [3.63, 3.8) is 0 Å². The van der Waals surface area contributed by atoms with Gasteiger partial charge in [-0.1, -0.05) is 147 Å². The molecule has 10 aromatic rings. The van der Waals surface area contributed by atoms with Gasteiger partial charge in [-0.05, 0) is 47.0 Å². The third-order valence-electron chi connectivity index (χ3n) is 11.2. The van der Waals surface area contributed by atoms with Gasteiger partial charge in [0.25, 0.3) is 0 Å². The lowest BCUT2D eigenvalue weighted by Crippen LogP contribution is -2.16. The van der Waals surface area contributed by atoms with Crippen LogP contribution in [0.3, 0.4) is 0 Å². The van der Waals surface area contributed by atoms with Gasteiger partial charge in [-0.15, -0.1) is 0 Å². The molecule has 0 fully saturated rings. The van der Waals surface area contributed by atoms with E-state index in [4.69, 9.17) is 14.4 Å². The molecule has 0 aliphatic heterocycles. The summed E-state index contributed by atoms with van der Waals surface area (Å²) in [4.78, 5) is 10.1. The van der Waals surface area contributed by atoms with E-state index in [2.05, 4.69) is 158 Å². The molecular weight excluding hydrogens is 647 g/mol. The van der Waals surface area contributed by atoms with Gasteiger partial charge in [0.05, 0.1) is 22.4 Å². The minimum atomic E-state index is -0.258. The van der Waals surface area contributed by atoms with E-state index < -0.39 is 0 Å². The van der Waals surface area contributed by atoms with Gasteiger partial charge >= 0.3 is 0 Å². The molecule has 0 saturated carbocycles.